The standard InChI is InChI=1S/C29H33N3O4/c1-19-7-6-8-26(15-19)36-18-28(33)31-23(5)29(34)32-30-16-24-9-11-25(12-10-24)35-17-27-21(3)13-20(2)14-22(27)4/h6-16,23H,17-18H2,1-5H3,(H,31,33)(H,32,34)/b30-16-/t23-/m1/s1. The second kappa shape index (κ2) is 12.5. The van der Waals surface area contributed by atoms with E-state index in [2.05, 4.69) is 48.7 Å². The van der Waals surface area contributed by atoms with Gasteiger partial charge in [-0.2, -0.15) is 5.10 Å². The lowest BCUT2D eigenvalue weighted by Gasteiger charge is -2.13. The number of hydrogen-bond acceptors (Lipinski definition) is 5. The molecule has 7 heteroatoms. The molecule has 0 unspecified atom stereocenters. The molecule has 3 aromatic rings. The van der Waals surface area contributed by atoms with Gasteiger partial charge in [0.15, 0.2) is 6.61 Å². The topological polar surface area (TPSA) is 89.0 Å². The molecule has 0 aliphatic rings. The Hall–Kier alpha value is -4.13. The number of amides is 2. The van der Waals surface area contributed by atoms with Crippen molar-refractivity contribution >= 4 is 18.0 Å². The van der Waals surface area contributed by atoms with Crippen LogP contribution in [0.5, 0.6) is 11.5 Å². The molecule has 7 nitrogen and oxygen atoms in total. The minimum absolute atomic E-state index is 0.179. The first-order valence-electron chi connectivity index (χ1n) is 11.8. The molecule has 0 saturated carbocycles. The summed E-state index contributed by atoms with van der Waals surface area (Å²) in [5.74, 6) is 0.525. The maximum Gasteiger partial charge on any atom is 0.262 e. The Kier molecular flexibility index (Phi) is 9.22. The Morgan fingerprint density at radius 3 is 2.25 bits per heavy atom. The summed E-state index contributed by atoms with van der Waals surface area (Å²) in [5.41, 5.74) is 9.15. The van der Waals surface area contributed by atoms with Gasteiger partial charge in [0.1, 0.15) is 24.1 Å². The number of hydrazone groups is 1. The van der Waals surface area contributed by atoms with Gasteiger partial charge in [-0.1, -0.05) is 29.8 Å². The van der Waals surface area contributed by atoms with Crippen molar-refractivity contribution in [1.29, 1.82) is 0 Å². The summed E-state index contributed by atoms with van der Waals surface area (Å²) >= 11 is 0. The van der Waals surface area contributed by atoms with Crippen LogP contribution < -0.4 is 20.2 Å². The number of hydrogen-bond donors (Lipinski definition) is 2. The second-order valence-corrected chi connectivity index (χ2v) is 8.86. The predicted octanol–water partition coefficient (Wildman–Crippen LogP) is 4.53. The van der Waals surface area contributed by atoms with Crippen molar-refractivity contribution in [3.8, 4) is 11.5 Å². The number of aryl methyl sites for hydroxylation is 4. The van der Waals surface area contributed by atoms with Crippen LogP contribution in [0.15, 0.2) is 65.8 Å². The maximum atomic E-state index is 12.2. The van der Waals surface area contributed by atoms with Crippen molar-refractivity contribution in [2.45, 2.75) is 47.3 Å². The van der Waals surface area contributed by atoms with Gasteiger partial charge >= 0.3 is 0 Å². The van der Waals surface area contributed by atoms with Crippen molar-refractivity contribution in [1.82, 2.24) is 10.7 Å². The van der Waals surface area contributed by atoms with Crippen LogP contribution in [0.25, 0.3) is 0 Å². The van der Waals surface area contributed by atoms with Crippen LogP contribution in [0, 0.1) is 27.7 Å². The number of nitrogens with zero attached hydrogens (tertiary/aromatic N) is 1. The van der Waals surface area contributed by atoms with Crippen molar-refractivity contribution < 1.29 is 19.1 Å². The summed E-state index contributed by atoms with van der Waals surface area (Å²) in [4.78, 5) is 24.3. The van der Waals surface area contributed by atoms with Crippen LogP contribution in [0.2, 0.25) is 0 Å². The van der Waals surface area contributed by atoms with E-state index in [0.717, 1.165) is 16.9 Å². The van der Waals surface area contributed by atoms with Gasteiger partial charge in [-0.05, 0) is 98.8 Å². The molecule has 0 radical (unpaired) electrons. The molecule has 3 aromatic carbocycles. The zero-order valence-electron chi connectivity index (χ0n) is 21.4. The van der Waals surface area contributed by atoms with E-state index >= 15 is 0 Å². The third-order valence-corrected chi connectivity index (χ3v) is 5.62. The average Bonchev–Trinajstić information content (AvgIpc) is 2.83. The summed E-state index contributed by atoms with van der Waals surface area (Å²) in [5, 5.41) is 6.57. The van der Waals surface area contributed by atoms with E-state index in [9.17, 15) is 9.59 Å². The highest BCUT2D eigenvalue weighted by Gasteiger charge is 2.15. The number of rotatable bonds is 10. The number of nitrogens with one attached hydrogen (secondary N) is 2. The largest absolute Gasteiger partial charge is 0.489 e. The van der Waals surface area contributed by atoms with E-state index < -0.39 is 17.9 Å². The van der Waals surface area contributed by atoms with Crippen LogP contribution in [-0.2, 0) is 16.2 Å². The van der Waals surface area contributed by atoms with E-state index in [-0.39, 0.29) is 6.61 Å². The number of ether oxygens (including phenoxy) is 2. The first-order chi connectivity index (χ1) is 17.2. The zero-order chi connectivity index (χ0) is 26.1. The van der Waals surface area contributed by atoms with Gasteiger partial charge in [0.05, 0.1) is 6.21 Å². The molecule has 3 rings (SSSR count). The number of benzene rings is 3. The lowest BCUT2D eigenvalue weighted by atomic mass is 10.0. The quantitative estimate of drug-likeness (QED) is 0.325. The maximum absolute atomic E-state index is 12.2. The van der Waals surface area contributed by atoms with E-state index in [4.69, 9.17) is 9.47 Å². The summed E-state index contributed by atoms with van der Waals surface area (Å²) in [6, 6.07) is 18.4. The van der Waals surface area contributed by atoms with Gasteiger partial charge in [0, 0.05) is 0 Å². The monoisotopic (exact) mass is 487 g/mol. The normalized spacial score (nSPS) is 11.7. The SMILES string of the molecule is Cc1cccc(OCC(=O)N[C@H](C)C(=O)N/N=C\c2ccc(OCc3c(C)cc(C)cc3C)cc2)c1. The minimum Gasteiger partial charge on any atom is -0.489 e. The number of carbonyl (C=O) groups excluding carboxylic acids is 2. The third-order valence-electron chi connectivity index (χ3n) is 5.62. The first-order valence-corrected chi connectivity index (χ1v) is 11.8. The molecular weight excluding hydrogens is 454 g/mol. The van der Waals surface area contributed by atoms with Crippen LogP contribution >= 0.6 is 0 Å². The molecule has 2 N–H and O–H groups in total. The van der Waals surface area contributed by atoms with Gasteiger partial charge < -0.3 is 14.8 Å². The molecule has 0 aliphatic carbocycles. The molecule has 0 heterocycles. The number of carbonyl (C=O) groups is 2. The minimum atomic E-state index is -0.764. The fraction of sp³-hybridized carbons (Fsp3) is 0.276. The Morgan fingerprint density at radius 1 is 0.889 bits per heavy atom. The Labute approximate surface area is 212 Å². The predicted molar refractivity (Wildman–Crippen MR) is 141 cm³/mol. The molecule has 0 aliphatic heterocycles. The van der Waals surface area contributed by atoms with Crippen molar-refractivity contribution in [2.75, 3.05) is 6.61 Å². The summed E-state index contributed by atoms with van der Waals surface area (Å²) in [7, 11) is 0. The highest BCUT2D eigenvalue weighted by atomic mass is 16.5. The van der Waals surface area contributed by atoms with Gasteiger partial charge in [-0.3, -0.25) is 9.59 Å². The summed E-state index contributed by atoms with van der Waals surface area (Å²) < 4.78 is 11.4. The molecule has 2 amide bonds. The lowest BCUT2D eigenvalue weighted by Crippen LogP contribution is -2.45. The highest BCUT2D eigenvalue weighted by Crippen LogP contribution is 2.20. The molecule has 0 fully saturated rings. The van der Waals surface area contributed by atoms with Crippen molar-refractivity contribution in [2.24, 2.45) is 5.10 Å². The lowest BCUT2D eigenvalue weighted by molar-refractivity contribution is -0.129. The molecule has 0 bridgehead atoms. The fourth-order valence-corrected chi connectivity index (χ4v) is 3.71. The van der Waals surface area contributed by atoms with Crippen LogP contribution in [0.1, 0.15) is 40.3 Å². The van der Waals surface area contributed by atoms with Gasteiger partial charge in [0.25, 0.3) is 11.8 Å². The fourth-order valence-electron chi connectivity index (χ4n) is 3.71. The Bertz CT molecular complexity index is 1210. The first kappa shape index (κ1) is 26.5. The van der Waals surface area contributed by atoms with E-state index in [1.54, 1.807) is 13.0 Å². The molecule has 1 atom stereocenters. The molecule has 0 spiro atoms. The zero-order valence-corrected chi connectivity index (χ0v) is 21.4. The second-order valence-electron chi connectivity index (χ2n) is 8.86. The summed E-state index contributed by atoms with van der Waals surface area (Å²) in [6.07, 6.45) is 1.53. The van der Waals surface area contributed by atoms with Gasteiger partial charge in [-0.15, -0.1) is 0 Å². The van der Waals surface area contributed by atoms with E-state index in [1.807, 2.05) is 49.4 Å². The van der Waals surface area contributed by atoms with Crippen LogP contribution in [0.3, 0.4) is 0 Å². The Morgan fingerprint density at radius 2 is 1.58 bits per heavy atom. The molecular formula is C29H33N3O4. The van der Waals surface area contributed by atoms with Gasteiger partial charge in [-0.25, -0.2) is 5.43 Å². The molecule has 0 aromatic heterocycles. The van der Waals surface area contributed by atoms with Crippen LogP contribution in [-0.4, -0.2) is 30.7 Å². The third kappa shape index (κ3) is 7.98. The van der Waals surface area contributed by atoms with Gasteiger partial charge in [0.2, 0.25) is 0 Å². The van der Waals surface area contributed by atoms with E-state index in [1.165, 1.54) is 28.5 Å². The summed E-state index contributed by atoms with van der Waals surface area (Å²) in [6.45, 7) is 10.1. The molecule has 188 valence electrons. The molecule has 0 saturated heterocycles. The van der Waals surface area contributed by atoms with E-state index in [0.29, 0.717) is 12.4 Å². The van der Waals surface area contributed by atoms with Crippen LogP contribution in [0.4, 0.5) is 0 Å². The average molecular weight is 488 g/mol. The molecule has 36 heavy (non-hydrogen) atoms. The smallest absolute Gasteiger partial charge is 0.262 e. The Balaban J connectivity index is 1.42. The van der Waals surface area contributed by atoms with Crippen molar-refractivity contribution in [3.05, 3.63) is 94.0 Å². The van der Waals surface area contributed by atoms with Crippen molar-refractivity contribution in [3.63, 3.8) is 0 Å². The highest BCUT2D eigenvalue weighted by molar-refractivity contribution is 5.88.